The van der Waals surface area contributed by atoms with E-state index in [-0.39, 0.29) is 5.92 Å². The maximum absolute atomic E-state index is 11.1. The number of esters is 1. The predicted molar refractivity (Wildman–Crippen MR) is 68.6 cm³/mol. The number of carbonyl (C=O) groups is 1. The summed E-state index contributed by atoms with van der Waals surface area (Å²) in [6.07, 6.45) is 2.36. The minimum Gasteiger partial charge on any atom is -0.497 e. The molecular weight excluding hydrogens is 232 g/mol. The van der Waals surface area contributed by atoms with Crippen LogP contribution in [-0.2, 0) is 9.53 Å². The molecule has 0 bridgehead atoms. The number of ether oxygens (including phenoxy) is 2. The topological polar surface area (TPSA) is 55.8 Å². The molecule has 2 atom stereocenters. The maximum Gasteiger partial charge on any atom is 0.330 e. The minimum atomic E-state index is -0.598. The van der Waals surface area contributed by atoms with Crippen molar-refractivity contribution in [1.29, 1.82) is 0 Å². The van der Waals surface area contributed by atoms with Crippen LogP contribution in [0.4, 0.5) is 0 Å². The molecule has 4 heteroatoms. The molecule has 1 N–H and O–H groups in total. The van der Waals surface area contributed by atoms with E-state index in [0.717, 1.165) is 11.3 Å². The lowest BCUT2D eigenvalue weighted by Crippen LogP contribution is -2.13. The fraction of sp³-hybridized carbons (Fsp3) is 0.357. The van der Waals surface area contributed by atoms with Crippen LogP contribution in [0.3, 0.4) is 0 Å². The van der Waals surface area contributed by atoms with Gasteiger partial charge in [0.1, 0.15) is 5.75 Å². The van der Waals surface area contributed by atoms with Crippen molar-refractivity contribution < 1.29 is 19.4 Å². The molecule has 0 aliphatic carbocycles. The van der Waals surface area contributed by atoms with Crippen molar-refractivity contribution in [3.63, 3.8) is 0 Å². The molecule has 4 nitrogen and oxygen atoms in total. The number of aliphatic hydroxyl groups excluding tert-OH is 1. The largest absolute Gasteiger partial charge is 0.497 e. The second-order valence-corrected chi connectivity index (χ2v) is 3.92. The van der Waals surface area contributed by atoms with Gasteiger partial charge in [0.05, 0.1) is 20.3 Å². The first-order chi connectivity index (χ1) is 8.58. The number of aliphatic hydroxyl groups is 1. The Hall–Kier alpha value is -1.81. The molecule has 0 spiro atoms. The Morgan fingerprint density at radius 3 is 2.33 bits per heavy atom. The zero-order valence-electron chi connectivity index (χ0n) is 10.8. The van der Waals surface area contributed by atoms with Crippen LogP contribution in [0.1, 0.15) is 18.4 Å². The lowest BCUT2D eigenvalue weighted by atomic mass is 9.94. The normalized spacial score (nSPS) is 14.2. The Balaban J connectivity index is 2.90. The van der Waals surface area contributed by atoms with Crippen LogP contribution in [0.15, 0.2) is 36.4 Å². The zero-order chi connectivity index (χ0) is 13.5. The quantitative estimate of drug-likeness (QED) is 0.640. The SMILES string of the molecule is COC(=O)/C=C/[C@H](c1ccc(OC)cc1)[C@H](C)O. The van der Waals surface area contributed by atoms with Gasteiger partial charge in [0.2, 0.25) is 0 Å². The minimum absolute atomic E-state index is 0.255. The van der Waals surface area contributed by atoms with Crippen molar-refractivity contribution in [1.82, 2.24) is 0 Å². The van der Waals surface area contributed by atoms with E-state index in [2.05, 4.69) is 4.74 Å². The molecule has 0 unspecified atom stereocenters. The predicted octanol–water partition coefficient (Wildman–Crippen LogP) is 1.89. The second-order valence-electron chi connectivity index (χ2n) is 3.92. The number of rotatable bonds is 5. The molecule has 0 aromatic heterocycles. The van der Waals surface area contributed by atoms with Crippen molar-refractivity contribution in [2.75, 3.05) is 14.2 Å². The molecule has 0 heterocycles. The molecule has 98 valence electrons. The third-order valence-corrected chi connectivity index (χ3v) is 2.66. The first kappa shape index (κ1) is 14.3. The molecule has 0 fully saturated rings. The van der Waals surface area contributed by atoms with Crippen molar-refractivity contribution in [2.45, 2.75) is 18.9 Å². The number of benzene rings is 1. The number of methoxy groups -OCH3 is 2. The van der Waals surface area contributed by atoms with E-state index >= 15 is 0 Å². The van der Waals surface area contributed by atoms with Crippen LogP contribution in [-0.4, -0.2) is 31.4 Å². The fourth-order valence-electron chi connectivity index (χ4n) is 1.63. The average Bonchev–Trinajstić information content (AvgIpc) is 2.39. The van der Waals surface area contributed by atoms with E-state index in [0.29, 0.717) is 0 Å². The first-order valence-corrected chi connectivity index (χ1v) is 5.66. The number of carbonyl (C=O) groups excluding carboxylic acids is 1. The van der Waals surface area contributed by atoms with Gasteiger partial charge in [-0.1, -0.05) is 18.2 Å². The number of hydrogen-bond acceptors (Lipinski definition) is 4. The van der Waals surface area contributed by atoms with Crippen LogP contribution in [0.25, 0.3) is 0 Å². The van der Waals surface area contributed by atoms with Gasteiger partial charge in [-0.15, -0.1) is 0 Å². The Bertz CT molecular complexity index is 406. The summed E-state index contributed by atoms with van der Waals surface area (Å²) in [5.74, 6) is 0.0595. The van der Waals surface area contributed by atoms with Gasteiger partial charge in [0.15, 0.2) is 0 Å². The van der Waals surface area contributed by atoms with E-state index in [1.165, 1.54) is 13.2 Å². The Morgan fingerprint density at radius 2 is 1.89 bits per heavy atom. The summed E-state index contributed by atoms with van der Waals surface area (Å²) in [6.45, 7) is 1.68. The molecule has 18 heavy (non-hydrogen) atoms. The molecule has 0 saturated heterocycles. The molecule has 0 aliphatic heterocycles. The monoisotopic (exact) mass is 250 g/mol. The molecule has 1 rings (SSSR count). The summed E-state index contributed by atoms with van der Waals surface area (Å²) in [5, 5.41) is 9.74. The van der Waals surface area contributed by atoms with Crippen molar-refractivity contribution in [3.8, 4) is 5.75 Å². The van der Waals surface area contributed by atoms with Crippen LogP contribution < -0.4 is 4.74 Å². The van der Waals surface area contributed by atoms with E-state index < -0.39 is 12.1 Å². The molecule has 1 aromatic carbocycles. The van der Waals surface area contributed by atoms with Crippen LogP contribution >= 0.6 is 0 Å². The Labute approximate surface area is 107 Å². The third kappa shape index (κ3) is 3.89. The highest BCUT2D eigenvalue weighted by Crippen LogP contribution is 2.23. The summed E-state index contributed by atoms with van der Waals surface area (Å²) in [4.78, 5) is 11.1. The highest BCUT2D eigenvalue weighted by Gasteiger charge is 2.14. The lowest BCUT2D eigenvalue weighted by Gasteiger charge is -2.16. The summed E-state index contributed by atoms with van der Waals surface area (Å²) in [5.41, 5.74) is 0.908. The van der Waals surface area contributed by atoms with E-state index in [4.69, 9.17) is 4.74 Å². The van der Waals surface area contributed by atoms with Gasteiger partial charge in [0, 0.05) is 12.0 Å². The molecule has 0 radical (unpaired) electrons. The third-order valence-electron chi connectivity index (χ3n) is 2.66. The summed E-state index contributed by atoms with van der Waals surface area (Å²) in [7, 11) is 2.91. The second kappa shape index (κ2) is 6.81. The van der Waals surface area contributed by atoms with Crippen molar-refractivity contribution in [2.24, 2.45) is 0 Å². The van der Waals surface area contributed by atoms with Gasteiger partial charge in [-0.25, -0.2) is 4.79 Å². The van der Waals surface area contributed by atoms with Crippen LogP contribution in [0, 0.1) is 0 Å². The van der Waals surface area contributed by atoms with Crippen molar-refractivity contribution in [3.05, 3.63) is 42.0 Å². The number of hydrogen-bond donors (Lipinski definition) is 1. The highest BCUT2D eigenvalue weighted by atomic mass is 16.5. The van der Waals surface area contributed by atoms with E-state index in [1.807, 2.05) is 24.3 Å². The van der Waals surface area contributed by atoms with E-state index in [1.54, 1.807) is 20.1 Å². The lowest BCUT2D eigenvalue weighted by molar-refractivity contribution is -0.134. The molecular formula is C14H18O4. The van der Waals surface area contributed by atoms with Crippen molar-refractivity contribution >= 4 is 5.97 Å². The smallest absolute Gasteiger partial charge is 0.330 e. The van der Waals surface area contributed by atoms with Gasteiger partial charge in [-0.2, -0.15) is 0 Å². The molecule has 0 amide bonds. The van der Waals surface area contributed by atoms with Gasteiger partial charge in [0.25, 0.3) is 0 Å². The Morgan fingerprint density at radius 1 is 1.28 bits per heavy atom. The van der Waals surface area contributed by atoms with Crippen LogP contribution in [0.2, 0.25) is 0 Å². The Kier molecular flexibility index (Phi) is 5.39. The summed E-state index contributed by atoms with van der Waals surface area (Å²) < 4.78 is 9.60. The fourth-order valence-corrected chi connectivity index (χ4v) is 1.63. The van der Waals surface area contributed by atoms with E-state index in [9.17, 15) is 9.90 Å². The zero-order valence-corrected chi connectivity index (χ0v) is 10.8. The average molecular weight is 250 g/mol. The van der Waals surface area contributed by atoms with Gasteiger partial charge in [-0.05, 0) is 24.6 Å². The molecule has 1 aromatic rings. The highest BCUT2D eigenvalue weighted by molar-refractivity contribution is 5.81. The van der Waals surface area contributed by atoms with Gasteiger partial charge in [-0.3, -0.25) is 0 Å². The van der Waals surface area contributed by atoms with Crippen LogP contribution in [0.5, 0.6) is 5.75 Å². The standard InChI is InChI=1S/C14H18O4/c1-10(15)13(8-9-14(16)18-3)11-4-6-12(17-2)7-5-11/h4-10,13,15H,1-3H3/b9-8+/t10-,13-/m0/s1. The first-order valence-electron chi connectivity index (χ1n) is 5.66. The maximum atomic E-state index is 11.1. The van der Waals surface area contributed by atoms with Gasteiger partial charge < -0.3 is 14.6 Å². The summed E-state index contributed by atoms with van der Waals surface area (Å²) >= 11 is 0. The molecule has 0 saturated carbocycles. The molecule has 0 aliphatic rings. The summed E-state index contributed by atoms with van der Waals surface area (Å²) in [6, 6.07) is 7.35. The van der Waals surface area contributed by atoms with Gasteiger partial charge >= 0.3 is 5.97 Å².